The van der Waals surface area contributed by atoms with Gasteiger partial charge in [-0.15, -0.1) is 0 Å². The van der Waals surface area contributed by atoms with Crippen LogP contribution in [0.15, 0.2) is 30.6 Å². The number of anilines is 1. The molecule has 1 saturated carbocycles. The zero-order chi connectivity index (χ0) is 19.1. The van der Waals surface area contributed by atoms with Crippen LogP contribution in [0.2, 0.25) is 0 Å². The number of allylic oxidation sites excluding steroid dienone is 2. The predicted octanol–water partition coefficient (Wildman–Crippen LogP) is 1.19. The Morgan fingerprint density at radius 2 is 1.46 bits per heavy atom. The second-order valence-electron chi connectivity index (χ2n) is 8.41. The van der Waals surface area contributed by atoms with E-state index >= 15 is 0 Å². The van der Waals surface area contributed by atoms with Crippen LogP contribution in [0.4, 0.5) is 5.95 Å². The standard InChI is InChI=1S/C21H27N5O2/c27-19-17-15-4-5-16(14-15)18(17)20(28)26(19)9-2-1-8-24-10-12-25(13-11-24)21-22-6-3-7-23-21/h3-7,15-18H,1-2,8-14H2. The summed E-state index contributed by atoms with van der Waals surface area (Å²) >= 11 is 0. The van der Waals surface area contributed by atoms with Crippen LogP contribution >= 0.6 is 0 Å². The van der Waals surface area contributed by atoms with Gasteiger partial charge in [-0.05, 0) is 43.7 Å². The van der Waals surface area contributed by atoms with Gasteiger partial charge in [0.2, 0.25) is 17.8 Å². The quantitative estimate of drug-likeness (QED) is 0.419. The molecule has 0 N–H and O–H groups in total. The average Bonchev–Trinajstić information content (AvgIpc) is 3.41. The van der Waals surface area contributed by atoms with Crippen LogP contribution in [0.3, 0.4) is 0 Å². The molecule has 3 fully saturated rings. The minimum absolute atomic E-state index is 0.0595. The van der Waals surface area contributed by atoms with Crippen LogP contribution in [0.25, 0.3) is 0 Å². The predicted molar refractivity (Wildman–Crippen MR) is 104 cm³/mol. The number of amides is 2. The zero-order valence-electron chi connectivity index (χ0n) is 16.1. The Balaban J connectivity index is 1.05. The number of imide groups is 1. The Morgan fingerprint density at radius 1 is 0.857 bits per heavy atom. The lowest BCUT2D eigenvalue weighted by Gasteiger charge is -2.34. The van der Waals surface area contributed by atoms with E-state index in [1.807, 2.05) is 6.07 Å². The van der Waals surface area contributed by atoms with Crippen LogP contribution in [0.1, 0.15) is 19.3 Å². The summed E-state index contributed by atoms with van der Waals surface area (Å²) < 4.78 is 0. The highest BCUT2D eigenvalue weighted by Gasteiger charge is 2.58. The first-order valence-electron chi connectivity index (χ1n) is 10.5. The lowest BCUT2D eigenvalue weighted by molar-refractivity contribution is -0.140. The van der Waals surface area contributed by atoms with E-state index in [-0.39, 0.29) is 23.7 Å². The van der Waals surface area contributed by atoms with Crippen molar-refractivity contribution in [3.63, 3.8) is 0 Å². The van der Waals surface area contributed by atoms with Gasteiger partial charge in [0.05, 0.1) is 11.8 Å². The third kappa shape index (κ3) is 3.02. The molecule has 7 heteroatoms. The summed E-state index contributed by atoms with van der Waals surface area (Å²) in [5.74, 6) is 1.48. The molecular formula is C21H27N5O2. The number of nitrogens with zero attached hydrogens (tertiary/aromatic N) is 5. The molecule has 1 aromatic rings. The molecule has 0 spiro atoms. The number of carbonyl (C=O) groups is 2. The number of carbonyl (C=O) groups excluding carboxylic acids is 2. The number of piperazine rings is 1. The fourth-order valence-electron chi connectivity index (χ4n) is 5.42. The fraction of sp³-hybridized carbons (Fsp3) is 0.619. The Kier molecular flexibility index (Phi) is 4.62. The molecule has 5 rings (SSSR count). The minimum Gasteiger partial charge on any atom is -0.338 e. The smallest absolute Gasteiger partial charge is 0.233 e. The van der Waals surface area contributed by atoms with Crippen LogP contribution in [-0.2, 0) is 9.59 Å². The molecule has 4 aliphatic rings. The van der Waals surface area contributed by atoms with Crippen molar-refractivity contribution in [2.75, 3.05) is 44.2 Å². The van der Waals surface area contributed by atoms with Crippen molar-refractivity contribution >= 4 is 17.8 Å². The van der Waals surface area contributed by atoms with E-state index < -0.39 is 0 Å². The fourth-order valence-corrected chi connectivity index (χ4v) is 5.42. The summed E-state index contributed by atoms with van der Waals surface area (Å²) in [4.78, 5) is 40.3. The van der Waals surface area contributed by atoms with Crippen LogP contribution in [-0.4, -0.2) is 70.9 Å². The van der Waals surface area contributed by atoms with E-state index in [1.54, 1.807) is 17.3 Å². The SMILES string of the molecule is O=C1C2C3C=CC(C3)C2C(=O)N1CCCCN1CCN(c2ncccn2)CC1. The Labute approximate surface area is 165 Å². The molecule has 4 unspecified atom stereocenters. The van der Waals surface area contributed by atoms with E-state index in [1.165, 1.54) is 0 Å². The molecule has 0 radical (unpaired) electrons. The Bertz CT molecular complexity index is 744. The van der Waals surface area contributed by atoms with Crippen LogP contribution < -0.4 is 4.90 Å². The van der Waals surface area contributed by atoms with Crippen LogP contribution in [0, 0.1) is 23.7 Å². The van der Waals surface area contributed by atoms with Crippen molar-refractivity contribution in [1.29, 1.82) is 0 Å². The van der Waals surface area contributed by atoms with Gasteiger partial charge in [0, 0.05) is 45.1 Å². The molecule has 0 aromatic carbocycles. The van der Waals surface area contributed by atoms with Gasteiger partial charge in [-0.25, -0.2) is 9.97 Å². The van der Waals surface area contributed by atoms with Gasteiger partial charge >= 0.3 is 0 Å². The molecule has 4 atom stereocenters. The number of rotatable bonds is 6. The van der Waals surface area contributed by atoms with Gasteiger partial charge in [-0.3, -0.25) is 19.4 Å². The van der Waals surface area contributed by atoms with Gasteiger partial charge in [-0.1, -0.05) is 12.2 Å². The summed E-state index contributed by atoms with van der Waals surface area (Å²) in [5, 5.41) is 0. The lowest BCUT2D eigenvalue weighted by atomic mass is 9.85. The first-order chi connectivity index (χ1) is 13.7. The molecule has 1 aromatic heterocycles. The van der Waals surface area contributed by atoms with E-state index in [0.717, 1.165) is 57.9 Å². The third-order valence-electron chi connectivity index (χ3n) is 6.87. The van der Waals surface area contributed by atoms with Gasteiger partial charge in [0.1, 0.15) is 0 Å². The van der Waals surface area contributed by atoms with Gasteiger partial charge in [-0.2, -0.15) is 0 Å². The Hall–Kier alpha value is -2.28. The molecular weight excluding hydrogens is 354 g/mol. The van der Waals surface area contributed by atoms with Gasteiger partial charge < -0.3 is 4.90 Å². The summed E-state index contributed by atoms with van der Waals surface area (Å²) in [6, 6.07) is 1.84. The molecule has 2 aliphatic carbocycles. The highest BCUT2D eigenvalue weighted by Crippen LogP contribution is 2.52. The van der Waals surface area contributed by atoms with Gasteiger partial charge in [0.25, 0.3) is 0 Å². The third-order valence-corrected chi connectivity index (χ3v) is 6.87. The maximum Gasteiger partial charge on any atom is 0.233 e. The average molecular weight is 381 g/mol. The molecule has 2 aliphatic heterocycles. The molecule has 2 saturated heterocycles. The highest BCUT2D eigenvalue weighted by molar-refractivity contribution is 6.06. The zero-order valence-corrected chi connectivity index (χ0v) is 16.1. The van der Waals surface area contributed by atoms with Crippen molar-refractivity contribution in [2.45, 2.75) is 19.3 Å². The molecule has 7 nitrogen and oxygen atoms in total. The van der Waals surface area contributed by atoms with Crippen molar-refractivity contribution in [1.82, 2.24) is 19.8 Å². The summed E-state index contributed by atoms with van der Waals surface area (Å²) in [5.41, 5.74) is 0. The van der Waals surface area contributed by atoms with Crippen molar-refractivity contribution in [2.24, 2.45) is 23.7 Å². The van der Waals surface area contributed by atoms with E-state index in [4.69, 9.17) is 0 Å². The molecule has 2 amide bonds. The molecule has 2 bridgehead atoms. The summed E-state index contributed by atoms with van der Waals surface area (Å²) in [6.07, 6.45) is 10.8. The monoisotopic (exact) mass is 381 g/mol. The van der Waals surface area contributed by atoms with E-state index in [2.05, 4.69) is 31.9 Å². The van der Waals surface area contributed by atoms with Crippen LogP contribution in [0.5, 0.6) is 0 Å². The maximum atomic E-state index is 12.7. The minimum atomic E-state index is -0.0595. The molecule has 148 valence electrons. The first-order valence-corrected chi connectivity index (χ1v) is 10.5. The van der Waals surface area contributed by atoms with Crippen molar-refractivity contribution in [3.8, 4) is 0 Å². The van der Waals surface area contributed by atoms with Gasteiger partial charge in [0.15, 0.2) is 0 Å². The number of unbranched alkanes of at least 4 members (excludes halogenated alkanes) is 1. The largest absolute Gasteiger partial charge is 0.338 e. The molecule has 28 heavy (non-hydrogen) atoms. The summed E-state index contributed by atoms with van der Waals surface area (Å²) in [7, 11) is 0. The summed E-state index contributed by atoms with van der Waals surface area (Å²) in [6.45, 7) is 5.47. The van der Waals surface area contributed by atoms with Crippen molar-refractivity contribution < 1.29 is 9.59 Å². The lowest BCUT2D eigenvalue weighted by Crippen LogP contribution is -2.47. The molecule has 3 heterocycles. The number of hydrogen-bond acceptors (Lipinski definition) is 6. The van der Waals surface area contributed by atoms with E-state index in [0.29, 0.717) is 18.4 Å². The number of hydrogen-bond donors (Lipinski definition) is 0. The number of fused-ring (bicyclic) bond motifs is 5. The van der Waals surface area contributed by atoms with E-state index in [9.17, 15) is 9.59 Å². The number of likely N-dealkylation sites (tertiary alicyclic amines) is 1. The Morgan fingerprint density at radius 3 is 2.11 bits per heavy atom. The number of aromatic nitrogens is 2. The second-order valence-corrected chi connectivity index (χ2v) is 8.41. The first kappa shape index (κ1) is 17.8. The second kappa shape index (κ2) is 7.28. The maximum absolute atomic E-state index is 12.7. The van der Waals surface area contributed by atoms with Crippen molar-refractivity contribution in [3.05, 3.63) is 30.6 Å². The normalized spacial score (nSPS) is 31.9. The topological polar surface area (TPSA) is 69.6 Å². The highest BCUT2D eigenvalue weighted by atomic mass is 16.2.